The Morgan fingerprint density at radius 2 is 1.30 bits per heavy atom. The highest BCUT2D eigenvalue weighted by Gasteiger charge is 2.16. The third-order valence-electron chi connectivity index (χ3n) is 7.01. The molecule has 8 aromatic rings. The van der Waals surface area contributed by atoms with E-state index in [2.05, 4.69) is 100 Å². The van der Waals surface area contributed by atoms with E-state index in [4.69, 9.17) is 4.98 Å². The van der Waals surface area contributed by atoms with Crippen molar-refractivity contribution in [1.82, 2.24) is 14.4 Å². The molecule has 0 radical (unpaired) electrons. The molecule has 0 saturated heterocycles. The third-order valence-corrected chi connectivity index (χ3v) is 7.01. The summed E-state index contributed by atoms with van der Waals surface area (Å²) in [7, 11) is 0. The first-order valence-electron chi connectivity index (χ1n) is 11.2. The molecule has 3 nitrogen and oxygen atoms in total. The standard InChI is InChI=1S/C30H17N3/c1-3-18-7-8-20-9-12-22(23-13-10-19(4-1)28(18)29(20)23)24-5-2-6-26-30(24)32-27-14-11-21-17-31-16-15-25(21)33(26)27/h1-17H. The van der Waals surface area contributed by atoms with Crippen LogP contribution in [0.15, 0.2) is 103 Å². The van der Waals surface area contributed by atoms with Crippen LogP contribution in [0.4, 0.5) is 0 Å². The van der Waals surface area contributed by atoms with Crippen LogP contribution in [-0.4, -0.2) is 14.4 Å². The smallest absolute Gasteiger partial charge is 0.138 e. The molecule has 0 N–H and O–H groups in total. The van der Waals surface area contributed by atoms with Gasteiger partial charge in [0.15, 0.2) is 0 Å². The van der Waals surface area contributed by atoms with Gasteiger partial charge < -0.3 is 0 Å². The van der Waals surface area contributed by atoms with Crippen LogP contribution < -0.4 is 0 Å². The maximum Gasteiger partial charge on any atom is 0.138 e. The van der Waals surface area contributed by atoms with Crippen molar-refractivity contribution in [1.29, 1.82) is 0 Å². The predicted octanol–water partition coefficient (Wildman–Crippen LogP) is 7.60. The van der Waals surface area contributed by atoms with Gasteiger partial charge in [0.1, 0.15) is 5.65 Å². The second-order valence-corrected chi connectivity index (χ2v) is 8.72. The summed E-state index contributed by atoms with van der Waals surface area (Å²) in [6.07, 6.45) is 3.75. The first-order chi connectivity index (χ1) is 16.4. The number of benzene rings is 5. The summed E-state index contributed by atoms with van der Waals surface area (Å²) >= 11 is 0. The fraction of sp³-hybridized carbons (Fsp3) is 0. The van der Waals surface area contributed by atoms with Crippen LogP contribution >= 0.6 is 0 Å². The van der Waals surface area contributed by atoms with Gasteiger partial charge in [-0.25, -0.2) is 4.98 Å². The molecule has 152 valence electrons. The Bertz CT molecular complexity index is 2020. The average molecular weight is 419 g/mol. The van der Waals surface area contributed by atoms with Gasteiger partial charge in [-0.2, -0.15) is 0 Å². The van der Waals surface area contributed by atoms with E-state index >= 15 is 0 Å². The Morgan fingerprint density at radius 1 is 0.545 bits per heavy atom. The van der Waals surface area contributed by atoms with Crippen molar-refractivity contribution in [2.75, 3.05) is 0 Å². The second-order valence-electron chi connectivity index (χ2n) is 8.72. The van der Waals surface area contributed by atoms with E-state index in [9.17, 15) is 0 Å². The molecule has 0 aliphatic carbocycles. The number of rotatable bonds is 1. The molecule has 33 heavy (non-hydrogen) atoms. The van der Waals surface area contributed by atoms with E-state index in [-0.39, 0.29) is 0 Å². The molecule has 3 heterocycles. The lowest BCUT2D eigenvalue weighted by Gasteiger charge is -2.14. The van der Waals surface area contributed by atoms with Gasteiger partial charge in [-0.15, -0.1) is 0 Å². The molecule has 5 aromatic carbocycles. The van der Waals surface area contributed by atoms with E-state index in [0.717, 1.165) is 33.1 Å². The molecule has 0 bridgehead atoms. The number of hydrogen-bond acceptors (Lipinski definition) is 2. The number of nitrogens with zero attached hydrogens (tertiary/aromatic N) is 3. The minimum Gasteiger partial charge on any atom is -0.292 e. The molecule has 0 amide bonds. The van der Waals surface area contributed by atoms with E-state index in [0.29, 0.717) is 0 Å². The number of pyridine rings is 2. The van der Waals surface area contributed by atoms with Crippen LogP contribution in [0.1, 0.15) is 0 Å². The topological polar surface area (TPSA) is 30.2 Å². The Labute approximate surface area is 188 Å². The SMILES string of the molecule is c1cc2ccc3ccc(-c4cccc5c4nc4ccc6cnccc6n45)c4ccc(c1)c2c34. The van der Waals surface area contributed by atoms with Crippen LogP contribution in [-0.2, 0) is 0 Å². The summed E-state index contributed by atoms with van der Waals surface area (Å²) in [5, 5.41) is 8.91. The van der Waals surface area contributed by atoms with Gasteiger partial charge in [0.25, 0.3) is 0 Å². The number of aromatic nitrogens is 3. The highest BCUT2D eigenvalue weighted by Crippen LogP contribution is 2.41. The van der Waals surface area contributed by atoms with E-state index in [1.807, 2.05) is 12.4 Å². The lowest BCUT2D eigenvalue weighted by molar-refractivity contribution is 1.27. The van der Waals surface area contributed by atoms with Crippen LogP contribution in [0.2, 0.25) is 0 Å². The molecule has 0 aliphatic rings. The predicted molar refractivity (Wildman–Crippen MR) is 137 cm³/mol. The Kier molecular flexibility index (Phi) is 3.14. The zero-order valence-electron chi connectivity index (χ0n) is 17.7. The van der Waals surface area contributed by atoms with Crippen LogP contribution in [0, 0.1) is 0 Å². The van der Waals surface area contributed by atoms with Crippen LogP contribution in [0.5, 0.6) is 0 Å². The minimum absolute atomic E-state index is 0.953. The molecule has 0 atom stereocenters. The van der Waals surface area contributed by atoms with Crippen LogP contribution in [0.25, 0.3) is 71.0 Å². The van der Waals surface area contributed by atoms with E-state index in [1.165, 1.54) is 37.9 Å². The van der Waals surface area contributed by atoms with Gasteiger partial charge in [0.2, 0.25) is 0 Å². The van der Waals surface area contributed by atoms with Gasteiger partial charge in [0.05, 0.1) is 16.6 Å². The lowest BCUT2D eigenvalue weighted by Crippen LogP contribution is -1.89. The van der Waals surface area contributed by atoms with Crippen LogP contribution in [0.3, 0.4) is 0 Å². The summed E-state index contributed by atoms with van der Waals surface area (Å²) in [5.41, 5.74) is 6.60. The summed E-state index contributed by atoms with van der Waals surface area (Å²) in [5.74, 6) is 0. The van der Waals surface area contributed by atoms with Crippen molar-refractivity contribution in [3.8, 4) is 11.1 Å². The fourth-order valence-electron chi connectivity index (χ4n) is 5.57. The molecule has 0 aliphatic heterocycles. The van der Waals surface area contributed by atoms with Gasteiger partial charge >= 0.3 is 0 Å². The molecular weight excluding hydrogens is 402 g/mol. The Morgan fingerprint density at radius 3 is 2.21 bits per heavy atom. The molecular formula is C30H17N3. The van der Waals surface area contributed by atoms with E-state index < -0.39 is 0 Å². The second kappa shape index (κ2) is 6.05. The van der Waals surface area contributed by atoms with Crippen molar-refractivity contribution in [2.24, 2.45) is 0 Å². The molecule has 8 rings (SSSR count). The third kappa shape index (κ3) is 2.18. The summed E-state index contributed by atoms with van der Waals surface area (Å²) < 4.78 is 2.24. The monoisotopic (exact) mass is 419 g/mol. The largest absolute Gasteiger partial charge is 0.292 e. The minimum atomic E-state index is 0.953. The van der Waals surface area contributed by atoms with Crippen molar-refractivity contribution in [2.45, 2.75) is 0 Å². The van der Waals surface area contributed by atoms with Gasteiger partial charge in [-0.3, -0.25) is 9.38 Å². The molecule has 3 heteroatoms. The maximum atomic E-state index is 5.09. The van der Waals surface area contributed by atoms with Gasteiger partial charge in [0, 0.05) is 23.3 Å². The molecule has 0 saturated carbocycles. The number of fused-ring (bicyclic) bond motifs is 5. The van der Waals surface area contributed by atoms with Crippen molar-refractivity contribution in [3.63, 3.8) is 0 Å². The maximum absolute atomic E-state index is 5.09. The Hall–Kier alpha value is -4.50. The van der Waals surface area contributed by atoms with Crippen molar-refractivity contribution in [3.05, 3.63) is 103 Å². The molecule has 0 spiro atoms. The molecule has 0 fully saturated rings. The highest BCUT2D eigenvalue weighted by molar-refractivity contribution is 6.26. The first-order valence-corrected chi connectivity index (χ1v) is 11.2. The summed E-state index contributed by atoms with van der Waals surface area (Å²) in [6.45, 7) is 0. The van der Waals surface area contributed by atoms with Crippen molar-refractivity contribution >= 4 is 59.9 Å². The number of imidazole rings is 1. The molecule has 3 aromatic heterocycles. The highest BCUT2D eigenvalue weighted by atomic mass is 15.0. The Balaban J connectivity index is 1.53. The number of para-hydroxylation sites is 1. The lowest BCUT2D eigenvalue weighted by atomic mass is 9.89. The summed E-state index contributed by atoms with van der Waals surface area (Å²) in [6, 6.07) is 32.8. The molecule has 0 unspecified atom stereocenters. The summed E-state index contributed by atoms with van der Waals surface area (Å²) in [4.78, 5) is 9.38. The zero-order chi connectivity index (χ0) is 21.5. The van der Waals surface area contributed by atoms with Crippen molar-refractivity contribution < 1.29 is 0 Å². The van der Waals surface area contributed by atoms with E-state index in [1.54, 1.807) is 0 Å². The average Bonchev–Trinajstić information content (AvgIpc) is 3.27. The normalized spacial score (nSPS) is 12.2. The fourth-order valence-corrected chi connectivity index (χ4v) is 5.57. The van der Waals surface area contributed by atoms with Gasteiger partial charge in [-0.05, 0) is 62.1 Å². The number of hydrogen-bond donors (Lipinski definition) is 0. The van der Waals surface area contributed by atoms with Gasteiger partial charge in [-0.1, -0.05) is 66.7 Å². The first kappa shape index (κ1) is 17.1. The zero-order valence-corrected chi connectivity index (χ0v) is 17.7. The quantitative estimate of drug-likeness (QED) is 0.256.